The SMILES string of the molecule is Cc1cc(C(=O)NC(CCc2ccccc2)C(=O)O)no1. The molecule has 1 aromatic heterocycles. The number of hydrogen-bond donors (Lipinski definition) is 2. The Morgan fingerprint density at radius 2 is 2.05 bits per heavy atom. The first kappa shape index (κ1) is 14.8. The number of rotatable bonds is 6. The second-order valence-corrected chi connectivity index (χ2v) is 4.71. The van der Waals surface area contributed by atoms with Crippen molar-refractivity contribution in [3.63, 3.8) is 0 Å². The van der Waals surface area contributed by atoms with Crippen molar-refractivity contribution in [2.45, 2.75) is 25.8 Å². The fourth-order valence-corrected chi connectivity index (χ4v) is 1.92. The molecule has 21 heavy (non-hydrogen) atoms. The molecule has 0 aliphatic carbocycles. The third-order valence-corrected chi connectivity index (χ3v) is 3.03. The molecule has 0 bridgehead atoms. The molecule has 1 atom stereocenters. The third-order valence-electron chi connectivity index (χ3n) is 3.03. The van der Waals surface area contributed by atoms with E-state index in [1.165, 1.54) is 6.07 Å². The van der Waals surface area contributed by atoms with E-state index in [0.717, 1.165) is 5.56 Å². The lowest BCUT2D eigenvalue weighted by molar-refractivity contribution is -0.139. The van der Waals surface area contributed by atoms with Crippen LogP contribution in [0.4, 0.5) is 0 Å². The Morgan fingerprint density at radius 3 is 2.62 bits per heavy atom. The van der Waals surface area contributed by atoms with Gasteiger partial charge in [0.15, 0.2) is 5.69 Å². The summed E-state index contributed by atoms with van der Waals surface area (Å²) in [5.74, 6) is -1.12. The van der Waals surface area contributed by atoms with Gasteiger partial charge in [-0.25, -0.2) is 4.79 Å². The maximum atomic E-state index is 11.9. The summed E-state index contributed by atoms with van der Waals surface area (Å²) in [6, 6.07) is 10.0. The highest BCUT2D eigenvalue weighted by Crippen LogP contribution is 2.07. The highest BCUT2D eigenvalue weighted by Gasteiger charge is 2.22. The molecule has 6 nitrogen and oxygen atoms in total. The lowest BCUT2D eigenvalue weighted by Crippen LogP contribution is -2.41. The van der Waals surface area contributed by atoms with Crippen molar-refractivity contribution in [3.8, 4) is 0 Å². The van der Waals surface area contributed by atoms with E-state index in [4.69, 9.17) is 4.52 Å². The van der Waals surface area contributed by atoms with Crippen LogP contribution in [0.1, 0.15) is 28.2 Å². The maximum absolute atomic E-state index is 11.9. The molecule has 1 unspecified atom stereocenters. The molecule has 110 valence electrons. The molecule has 0 saturated heterocycles. The Bertz CT molecular complexity index is 622. The molecule has 0 fully saturated rings. The molecule has 0 spiro atoms. The number of aromatic nitrogens is 1. The monoisotopic (exact) mass is 288 g/mol. The molecule has 0 aliphatic heterocycles. The maximum Gasteiger partial charge on any atom is 0.326 e. The van der Waals surface area contributed by atoms with Crippen LogP contribution in [0.2, 0.25) is 0 Å². The highest BCUT2D eigenvalue weighted by atomic mass is 16.5. The number of aliphatic carboxylic acids is 1. The van der Waals surface area contributed by atoms with Gasteiger partial charge in [0, 0.05) is 6.07 Å². The van der Waals surface area contributed by atoms with E-state index in [9.17, 15) is 14.7 Å². The van der Waals surface area contributed by atoms with E-state index in [1.807, 2.05) is 30.3 Å². The molecular weight excluding hydrogens is 272 g/mol. The number of carbonyl (C=O) groups excluding carboxylic acids is 1. The molecule has 1 amide bonds. The Labute approximate surface area is 121 Å². The fourth-order valence-electron chi connectivity index (χ4n) is 1.92. The van der Waals surface area contributed by atoms with Gasteiger partial charge in [0.1, 0.15) is 11.8 Å². The van der Waals surface area contributed by atoms with Crippen molar-refractivity contribution in [2.24, 2.45) is 0 Å². The van der Waals surface area contributed by atoms with Crippen molar-refractivity contribution in [1.29, 1.82) is 0 Å². The van der Waals surface area contributed by atoms with Gasteiger partial charge in [-0.1, -0.05) is 35.5 Å². The van der Waals surface area contributed by atoms with Gasteiger partial charge in [0.05, 0.1) is 0 Å². The van der Waals surface area contributed by atoms with E-state index in [2.05, 4.69) is 10.5 Å². The van der Waals surface area contributed by atoms with Crippen LogP contribution >= 0.6 is 0 Å². The van der Waals surface area contributed by atoms with Crippen LogP contribution < -0.4 is 5.32 Å². The number of carboxylic acids is 1. The molecule has 2 N–H and O–H groups in total. The molecule has 1 aromatic carbocycles. The zero-order valence-corrected chi connectivity index (χ0v) is 11.6. The fraction of sp³-hybridized carbons (Fsp3) is 0.267. The molecule has 0 aliphatic rings. The Hall–Kier alpha value is -2.63. The molecule has 1 heterocycles. The van der Waals surface area contributed by atoms with Gasteiger partial charge in [0.2, 0.25) is 0 Å². The average Bonchev–Trinajstić information content (AvgIpc) is 2.90. The minimum absolute atomic E-state index is 0.0819. The number of nitrogens with zero attached hydrogens (tertiary/aromatic N) is 1. The van der Waals surface area contributed by atoms with E-state index in [0.29, 0.717) is 18.6 Å². The summed E-state index contributed by atoms with van der Waals surface area (Å²) in [5, 5.41) is 15.2. The summed E-state index contributed by atoms with van der Waals surface area (Å²) >= 11 is 0. The summed E-state index contributed by atoms with van der Waals surface area (Å²) < 4.78 is 4.80. The summed E-state index contributed by atoms with van der Waals surface area (Å²) in [7, 11) is 0. The first-order valence-corrected chi connectivity index (χ1v) is 6.57. The predicted molar refractivity (Wildman–Crippen MR) is 74.9 cm³/mol. The van der Waals surface area contributed by atoms with Crippen LogP contribution in [0.15, 0.2) is 40.9 Å². The van der Waals surface area contributed by atoms with Gasteiger partial charge in [0.25, 0.3) is 5.91 Å². The van der Waals surface area contributed by atoms with E-state index in [-0.39, 0.29) is 5.69 Å². The van der Waals surface area contributed by atoms with Crippen molar-refractivity contribution in [3.05, 3.63) is 53.4 Å². The van der Waals surface area contributed by atoms with Crippen molar-refractivity contribution in [2.75, 3.05) is 0 Å². The molecule has 2 rings (SSSR count). The zero-order valence-electron chi connectivity index (χ0n) is 11.6. The summed E-state index contributed by atoms with van der Waals surface area (Å²) in [6.45, 7) is 1.66. The number of nitrogens with one attached hydrogen (secondary N) is 1. The quantitative estimate of drug-likeness (QED) is 0.845. The largest absolute Gasteiger partial charge is 0.480 e. The van der Waals surface area contributed by atoms with Gasteiger partial charge in [-0.05, 0) is 25.3 Å². The normalized spacial score (nSPS) is 11.9. The van der Waals surface area contributed by atoms with Crippen LogP contribution in [-0.4, -0.2) is 28.2 Å². The first-order chi connectivity index (χ1) is 10.1. The number of benzene rings is 1. The average molecular weight is 288 g/mol. The van der Waals surface area contributed by atoms with E-state index >= 15 is 0 Å². The minimum Gasteiger partial charge on any atom is -0.480 e. The van der Waals surface area contributed by atoms with Crippen LogP contribution in [-0.2, 0) is 11.2 Å². The van der Waals surface area contributed by atoms with E-state index < -0.39 is 17.9 Å². The van der Waals surface area contributed by atoms with E-state index in [1.54, 1.807) is 6.92 Å². The second-order valence-electron chi connectivity index (χ2n) is 4.71. The number of carboxylic acid groups (broad SMARTS) is 1. The molecule has 0 radical (unpaired) electrons. The molecule has 0 saturated carbocycles. The second kappa shape index (κ2) is 6.69. The van der Waals surface area contributed by atoms with Crippen molar-refractivity contribution >= 4 is 11.9 Å². The van der Waals surface area contributed by atoms with Crippen molar-refractivity contribution in [1.82, 2.24) is 10.5 Å². The minimum atomic E-state index is -1.07. The molecule has 6 heteroatoms. The lowest BCUT2D eigenvalue weighted by atomic mass is 10.1. The standard InChI is InChI=1S/C15H16N2O4/c1-10-9-13(17-21-10)14(18)16-12(15(19)20)8-7-11-5-3-2-4-6-11/h2-6,9,12H,7-8H2,1H3,(H,16,18)(H,19,20). The predicted octanol–water partition coefficient (Wildman–Crippen LogP) is 1.80. The van der Waals surface area contributed by atoms with Crippen LogP contribution in [0.5, 0.6) is 0 Å². The Kier molecular flexibility index (Phi) is 4.71. The van der Waals surface area contributed by atoms with Gasteiger partial charge in [-0.2, -0.15) is 0 Å². The van der Waals surface area contributed by atoms with Gasteiger partial charge >= 0.3 is 5.97 Å². The molecular formula is C15H16N2O4. The topological polar surface area (TPSA) is 92.4 Å². The smallest absolute Gasteiger partial charge is 0.326 e. The summed E-state index contributed by atoms with van der Waals surface area (Å²) in [4.78, 5) is 23.1. The zero-order chi connectivity index (χ0) is 15.2. The van der Waals surface area contributed by atoms with Crippen molar-refractivity contribution < 1.29 is 19.2 Å². The van der Waals surface area contributed by atoms with Crippen LogP contribution in [0.25, 0.3) is 0 Å². The molecule has 2 aromatic rings. The number of aryl methyl sites for hydroxylation is 2. The number of carbonyl (C=O) groups is 2. The Morgan fingerprint density at radius 1 is 1.33 bits per heavy atom. The first-order valence-electron chi connectivity index (χ1n) is 6.57. The summed E-state index contributed by atoms with van der Waals surface area (Å²) in [5.41, 5.74) is 1.11. The van der Waals surface area contributed by atoms with Gasteiger partial charge in [-0.3, -0.25) is 4.79 Å². The lowest BCUT2D eigenvalue weighted by Gasteiger charge is -2.13. The van der Waals surface area contributed by atoms with Gasteiger partial charge < -0.3 is 14.9 Å². The number of amides is 1. The third kappa shape index (κ3) is 4.17. The highest BCUT2D eigenvalue weighted by molar-refractivity contribution is 5.94. The van der Waals surface area contributed by atoms with Crippen LogP contribution in [0.3, 0.4) is 0 Å². The summed E-state index contributed by atoms with van der Waals surface area (Å²) in [6.07, 6.45) is 0.873. The number of hydrogen-bond acceptors (Lipinski definition) is 4. The van der Waals surface area contributed by atoms with Gasteiger partial charge in [-0.15, -0.1) is 0 Å². The Balaban J connectivity index is 1.96. The van der Waals surface area contributed by atoms with Crippen LogP contribution in [0, 0.1) is 6.92 Å².